The molecule has 2 saturated carbocycles. The van der Waals surface area contributed by atoms with Gasteiger partial charge in [0.05, 0.1) is 5.41 Å². The van der Waals surface area contributed by atoms with Crippen molar-refractivity contribution in [2.45, 2.75) is 71.6 Å². The van der Waals surface area contributed by atoms with Crippen LogP contribution < -0.4 is 0 Å². The molecule has 1 N–H and O–H groups in total. The van der Waals surface area contributed by atoms with E-state index >= 15 is 0 Å². The summed E-state index contributed by atoms with van der Waals surface area (Å²) in [5.74, 6) is -0.0936. The zero-order valence-corrected chi connectivity index (χ0v) is 11.3. The molecule has 0 aromatic rings. The van der Waals surface area contributed by atoms with Crippen LogP contribution in [0.5, 0.6) is 0 Å². The van der Waals surface area contributed by atoms with Gasteiger partial charge in [-0.25, -0.2) is 0 Å². The highest BCUT2D eigenvalue weighted by Crippen LogP contribution is 2.52. The van der Waals surface area contributed by atoms with Crippen molar-refractivity contribution in [2.75, 3.05) is 0 Å². The number of carbonyl (C=O) groups is 1. The first-order valence-corrected chi connectivity index (χ1v) is 7.20. The highest BCUT2D eigenvalue weighted by molar-refractivity contribution is 5.75. The fourth-order valence-electron chi connectivity index (χ4n) is 4.15. The van der Waals surface area contributed by atoms with Crippen LogP contribution >= 0.6 is 0 Å². The van der Waals surface area contributed by atoms with E-state index in [0.29, 0.717) is 11.3 Å². The number of carboxylic acids is 1. The standard InChI is InChI=1S/C15H26O2/c1-14(2)8-6-7-12(11-14)15(13(16)17)9-4-3-5-10-15/h12H,3-11H2,1-2H3,(H,16,17). The zero-order valence-electron chi connectivity index (χ0n) is 11.3. The molecule has 2 heteroatoms. The van der Waals surface area contributed by atoms with Crippen LogP contribution in [0, 0.1) is 16.7 Å². The molecule has 0 aliphatic heterocycles. The minimum absolute atomic E-state index is 0.350. The van der Waals surface area contributed by atoms with Gasteiger partial charge in [-0.1, -0.05) is 39.5 Å². The number of carboxylic acid groups (broad SMARTS) is 1. The molecule has 2 aliphatic rings. The molecule has 0 amide bonds. The first-order chi connectivity index (χ1) is 7.96. The Morgan fingerprint density at radius 1 is 1.06 bits per heavy atom. The summed E-state index contributed by atoms with van der Waals surface area (Å²) in [5.41, 5.74) is -0.0290. The minimum Gasteiger partial charge on any atom is -0.481 e. The van der Waals surface area contributed by atoms with Crippen molar-refractivity contribution in [3.05, 3.63) is 0 Å². The van der Waals surface area contributed by atoms with Crippen molar-refractivity contribution in [2.24, 2.45) is 16.7 Å². The van der Waals surface area contributed by atoms with Crippen LogP contribution in [0.2, 0.25) is 0 Å². The van der Waals surface area contributed by atoms with Crippen molar-refractivity contribution >= 4 is 5.97 Å². The van der Waals surface area contributed by atoms with Crippen LogP contribution in [-0.2, 0) is 4.79 Å². The summed E-state index contributed by atoms with van der Waals surface area (Å²) in [6.45, 7) is 4.61. The van der Waals surface area contributed by atoms with E-state index in [1.54, 1.807) is 0 Å². The Morgan fingerprint density at radius 2 is 1.71 bits per heavy atom. The molecule has 0 radical (unpaired) electrons. The fraction of sp³-hybridized carbons (Fsp3) is 0.933. The summed E-state index contributed by atoms with van der Waals surface area (Å²) in [5, 5.41) is 9.71. The molecule has 1 unspecified atom stereocenters. The topological polar surface area (TPSA) is 37.3 Å². The van der Waals surface area contributed by atoms with Crippen LogP contribution in [0.3, 0.4) is 0 Å². The first kappa shape index (κ1) is 12.9. The number of hydrogen-bond acceptors (Lipinski definition) is 1. The van der Waals surface area contributed by atoms with Gasteiger partial charge < -0.3 is 5.11 Å². The molecule has 2 rings (SSSR count). The van der Waals surface area contributed by atoms with Crippen molar-refractivity contribution in [1.82, 2.24) is 0 Å². The third kappa shape index (κ3) is 2.51. The molecule has 1 atom stereocenters. The lowest BCUT2D eigenvalue weighted by Gasteiger charge is -2.46. The molecule has 2 fully saturated rings. The Morgan fingerprint density at radius 3 is 2.24 bits per heavy atom. The lowest BCUT2D eigenvalue weighted by molar-refractivity contribution is -0.157. The first-order valence-electron chi connectivity index (χ1n) is 7.20. The number of aliphatic carboxylic acids is 1. The molecular formula is C15H26O2. The van der Waals surface area contributed by atoms with Gasteiger partial charge in [-0.15, -0.1) is 0 Å². The largest absolute Gasteiger partial charge is 0.481 e. The quantitative estimate of drug-likeness (QED) is 0.781. The van der Waals surface area contributed by atoms with Crippen molar-refractivity contribution in [1.29, 1.82) is 0 Å². The molecule has 2 nitrogen and oxygen atoms in total. The Bertz CT molecular complexity index is 287. The molecule has 0 spiro atoms. The predicted molar refractivity (Wildman–Crippen MR) is 68.9 cm³/mol. The van der Waals surface area contributed by atoms with Crippen LogP contribution in [-0.4, -0.2) is 11.1 Å². The third-order valence-electron chi connectivity index (χ3n) is 5.16. The number of hydrogen-bond donors (Lipinski definition) is 1. The average Bonchev–Trinajstić information content (AvgIpc) is 2.28. The van der Waals surface area contributed by atoms with Crippen LogP contribution in [0.1, 0.15) is 71.6 Å². The van der Waals surface area contributed by atoms with Gasteiger partial charge in [0.2, 0.25) is 0 Å². The van der Waals surface area contributed by atoms with Gasteiger partial charge in [-0.2, -0.15) is 0 Å². The third-order valence-corrected chi connectivity index (χ3v) is 5.16. The monoisotopic (exact) mass is 238 g/mol. The fourth-order valence-corrected chi connectivity index (χ4v) is 4.15. The second-order valence-corrected chi connectivity index (χ2v) is 6.98. The summed E-state index contributed by atoms with van der Waals surface area (Å²) < 4.78 is 0. The summed E-state index contributed by atoms with van der Waals surface area (Å²) in [4.78, 5) is 11.8. The highest BCUT2D eigenvalue weighted by atomic mass is 16.4. The molecule has 0 saturated heterocycles. The SMILES string of the molecule is CC1(C)CCCC(C2(C(=O)O)CCCCC2)C1. The summed E-state index contributed by atoms with van der Waals surface area (Å²) in [7, 11) is 0. The van der Waals surface area contributed by atoms with Gasteiger partial charge in [0.1, 0.15) is 0 Å². The van der Waals surface area contributed by atoms with Crippen molar-refractivity contribution in [3.63, 3.8) is 0 Å². The second kappa shape index (κ2) is 4.62. The van der Waals surface area contributed by atoms with Gasteiger partial charge in [0, 0.05) is 0 Å². The average molecular weight is 238 g/mol. The van der Waals surface area contributed by atoms with Crippen LogP contribution in [0.4, 0.5) is 0 Å². The van der Waals surface area contributed by atoms with E-state index in [2.05, 4.69) is 13.8 Å². The molecule has 17 heavy (non-hydrogen) atoms. The van der Waals surface area contributed by atoms with E-state index in [4.69, 9.17) is 0 Å². The second-order valence-electron chi connectivity index (χ2n) is 6.98. The molecular weight excluding hydrogens is 212 g/mol. The van der Waals surface area contributed by atoms with E-state index in [1.807, 2.05) is 0 Å². The summed E-state index contributed by atoms with van der Waals surface area (Å²) in [6.07, 6.45) is 10.0. The summed E-state index contributed by atoms with van der Waals surface area (Å²) in [6, 6.07) is 0. The van der Waals surface area contributed by atoms with Crippen LogP contribution in [0.25, 0.3) is 0 Å². The molecule has 2 aliphatic carbocycles. The van der Waals surface area contributed by atoms with Gasteiger partial charge >= 0.3 is 5.97 Å². The maximum absolute atomic E-state index is 11.8. The van der Waals surface area contributed by atoms with E-state index in [1.165, 1.54) is 19.3 Å². The van der Waals surface area contributed by atoms with Gasteiger partial charge in [0.25, 0.3) is 0 Å². The maximum atomic E-state index is 11.8. The molecule has 0 aromatic carbocycles. The summed E-state index contributed by atoms with van der Waals surface area (Å²) >= 11 is 0. The lowest BCUT2D eigenvalue weighted by atomic mass is 9.57. The Labute approximate surface area is 105 Å². The van der Waals surface area contributed by atoms with E-state index in [9.17, 15) is 9.90 Å². The Kier molecular flexibility index (Phi) is 3.51. The maximum Gasteiger partial charge on any atom is 0.309 e. The normalized spacial score (nSPS) is 32.0. The Balaban J connectivity index is 2.18. The van der Waals surface area contributed by atoms with Gasteiger partial charge in [-0.3, -0.25) is 4.79 Å². The predicted octanol–water partition coefficient (Wildman–Crippen LogP) is 4.24. The van der Waals surface area contributed by atoms with Crippen molar-refractivity contribution in [3.8, 4) is 0 Å². The minimum atomic E-state index is -0.514. The smallest absolute Gasteiger partial charge is 0.309 e. The van der Waals surface area contributed by atoms with E-state index < -0.39 is 5.97 Å². The van der Waals surface area contributed by atoms with Gasteiger partial charge in [-0.05, 0) is 43.4 Å². The zero-order chi connectivity index (χ0) is 12.5. The lowest BCUT2D eigenvalue weighted by Crippen LogP contribution is -2.43. The van der Waals surface area contributed by atoms with Gasteiger partial charge in [0.15, 0.2) is 0 Å². The van der Waals surface area contributed by atoms with E-state index in [-0.39, 0.29) is 5.41 Å². The van der Waals surface area contributed by atoms with Crippen molar-refractivity contribution < 1.29 is 9.90 Å². The van der Waals surface area contributed by atoms with E-state index in [0.717, 1.165) is 38.5 Å². The molecule has 0 bridgehead atoms. The highest BCUT2D eigenvalue weighted by Gasteiger charge is 2.48. The molecule has 98 valence electrons. The molecule has 0 aromatic heterocycles. The molecule has 0 heterocycles. The number of rotatable bonds is 2. The Hall–Kier alpha value is -0.530. The van der Waals surface area contributed by atoms with Crippen LogP contribution in [0.15, 0.2) is 0 Å².